The Morgan fingerprint density at radius 1 is 0.248 bits per heavy atom. The number of ketones is 1. The van der Waals surface area contributed by atoms with Crippen LogP contribution in [0.25, 0.3) is 0 Å². The highest BCUT2D eigenvalue weighted by atomic mass is 16.6. The molecule has 584 valence electrons. The Balaban J connectivity index is 8.11. The van der Waals surface area contributed by atoms with Gasteiger partial charge in [-0.05, 0) is 185 Å². The first-order valence-electron chi connectivity index (χ1n) is 34.5. The molecule has 0 heterocycles. The van der Waals surface area contributed by atoms with E-state index in [-0.39, 0.29) is 124 Å². The summed E-state index contributed by atoms with van der Waals surface area (Å²) in [5.74, 6) is -2.97. The third-order valence-electron chi connectivity index (χ3n) is 12.5. The Morgan fingerprint density at radius 3 is 0.594 bits per heavy atom. The lowest BCUT2D eigenvalue weighted by atomic mass is 9.95. The average Bonchev–Trinajstić information content (AvgIpc) is 0.882. The fraction of sp³-hybridized carbons (Fsp3) is 0.824. The second-order valence-corrected chi connectivity index (χ2v) is 32.1. The number of Topliss-reactive ketones (excluding diaryl/α,β-unsaturated/α-hetero) is 1. The number of hydrogen-bond donors (Lipinski definition) is 8. The summed E-state index contributed by atoms with van der Waals surface area (Å²) in [6, 6.07) is 0. The zero-order valence-corrected chi connectivity index (χ0v) is 65.2. The van der Waals surface area contributed by atoms with Crippen molar-refractivity contribution in [1.82, 2.24) is 67.0 Å². The molecule has 0 aliphatic heterocycles. The highest BCUT2D eigenvalue weighted by molar-refractivity contribution is 5.85. The van der Waals surface area contributed by atoms with Gasteiger partial charge in [0.25, 0.3) is 0 Å². The van der Waals surface area contributed by atoms with E-state index in [1.165, 1.54) is 19.6 Å². The van der Waals surface area contributed by atoms with E-state index in [1.807, 2.05) is 0 Å². The van der Waals surface area contributed by atoms with Crippen LogP contribution in [0.1, 0.15) is 185 Å². The normalized spacial score (nSPS) is 12.2. The molecule has 0 bridgehead atoms. The summed E-state index contributed by atoms with van der Waals surface area (Å²) in [5.41, 5.74) is -6.79. The van der Waals surface area contributed by atoms with Crippen molar-refractivity contribution in [3.05, 3.63) is 0 Å². The van der Waals surface area contributed by atoms with Crippen LogP contribution in [-0.2, 0) is 57.1 Å². The molecule has 101 heavy (non-hydrogen) atoms. The molecule has 0 radical (unpaired) electrons. The van der Waals surface area contributed by atoms with Crippen LogP contribution in [0.2, 0.25) is 0 Å². The van der Waals surface area contributed by atoms with Gasteiger partial charge in [-0.25, -0.2) is 38.4 Å². The van der Waals surface area contributed by atoms with Gasteiger partial charge < -0.3 is 95.1 Å². The topological polar surface area (TPSA) is 391 Å². The number of rotatable bonds is 37. The lowest BCUT2D eigenvalue weighted by molar-refractivity contribution is -0.136. The van der Waals surface area contributed by atoms with Gasteiger partial charge in [-0.3, -0.25) is 29.0 Å². The molecule has 8 N–H and O–H groups in total. The van der Waals surface area contributed by atoms with Gasteiger partial charge in [-0.2, -0.15) is 0 Å². The molecule has 33 nitrogen and oxygen atoms in total. The molecular formula is C68H127N13O20. The summed E-state index contributed by atoms with van der Waals surface area (Å²) >= 11 is 0. The number of nitrogens with zero attached hydrogens (tertiary/aromatic N) is 5. The Labute approximate surface area is 599 Å². The van der Waals surface area contributed by atoms with Crippen molar-refractivity contribution in [3.63, 3.8) is 0 Å². The fourth-order valence-electron chi connectivity index (χ4n) is 8.69. The lowest BCUT2D eigenvalue weighted by Gasteiger charge is -2.31. The van der Waals surface area contributed by atoms with Gasteiger partial charge in [0.05, 0.1) is 26.2 Å². The van der Waals surface area contributed by atoms with Crippen LogP contribution in [-0.4, -0.2) is 272 Å². The van der Waals surface area contributed by atoms with Gasteiger partial charge in [-0.15, -0.1) is 0 Å². The molecule has 0 aromatic carbocycles. The molecule has 0 fully saturated rings. The number of amides is 11. The van der Waals surface area contributed by atoms with E-state index in [9.17, 15) is 57.5 Å². The number of nitrogens with one attached hydrogen (secondary N) is 8. The summed E-state index contributed by atoms with van der Waals surface area (Å²) in [6.45, 7) is 37.3. The summed E-state index contributed by atoms with van der Waals surface area (Å²) in [7, 11) is 0. The highest BCUT2D eigenvalue weighted by Crippen LogP contribution is 2.16. The molecule has 0 aromatic rings. The number of alkyl carbamates (subject to hydrolysis) is 8. The van der Waals surface area contributed by atoms with Crippen LogP contribution < -0.4 is 42.5 Å². The Morgan fingerprint density at radius 2 is 0.416 bits per heavy atom. The van der Waals surface area contributed by atoms with E-state index in [2.05, 4.69) is 42.5 Å². The van der Waals surface area contributed by atoms with Crippen LogP contribution in [0.5, 0.6) is 0 Å². The number of carbonyl (C=O) groups excluding carboxylic acids is 12. The summed E-state index contributed by atoms with van der Waals surface area (Å²) in [6.07, 6.45) is -5.84. The van der Waals surface area contributed by atoms with Gasteiger partial charge in [0.15, 0.2) is 0 Å². The SMILES string of the molecule is CC(C)(C)OC(=O)NCCC(CCNC(=O)OC(C)(C)C)C(=O)CN(CCCN(CC(=O)N(CCNC(=O)OC(C)(C)C)CCNC(=O)OC(C)(C)C)CC(=O)N(CCNC(=O)OC(C)(C)C)CCNC(=O)OC(C)(C)C)CC(=O)N(CCNC(=O)OC(C)(C)C)CCNC(=O)OC(C)(C)C. The van der Waals surface area contributed by atoms with Crippen molar-refractivity contribution >= 4 is 72.3 Å². The van der Waals surface area contributed by atoms with Crippen LogP contribution in [0.3, 0.4) is 0 Å². The summed E-state index contributed by atoms with van der Waals surface area (Å²) in [4.78, 5) is 169. The molecule has 0 aliphatic rings. The molecule has 0 rings (SSSR count). The van der Waals surface area contributed by atoms with Crippen molar-refractivity contribution in [1.29, 1.82) is 0 Å². The van der Waals surface area contributed by atoms with Gasteiger partial charge >= 0.3 is 48.7 Å². The van der Waals surface area contributed by atoms with Crippen molar-refractivity contribution in [2.24, 2.45) is 5.92 Å². The van der Waals surface area contributed by atoms with Gasteiger partial charge in [0.2, 0.25) is 17.7 Å². The second-order valence-electron chi connectivity index (χ2n) is 32.1. The largest absolute Gasteiger partial charge is 0.444 e. The molecule has 33 heteroatoms. The molecule has 11 amide bonds. The van der Waals surface area contributed by atoms with E-state index >= 15 is 0 Å². The van der Waals surface area contributed by atoms with Gasteiger partial charge in [-0.1, -0.05) is 0 Å². The van der Waals surface area contributed by atoms with Crippen LogP contribution in [0, 0.1) is 5.92 Å². The third-order valence-corrected chi connectivity index (χ3v) is 12.5. The standard InChI is InChI=1S/C68H127N13O20/c1-61(2,3)94-53(86)69-28-26-48(27-29-70-54(87)95-62(4,5)6)49(82)44-77(45-50(83)79(38-30-71-55(88)96-63(7,8)9)39-31-72-56(89)97-64(10,11)12)36-25-37-78(46-51(84)80(40-32-73-57(90)98-65(13,14)15)41-33-74-58(91)99-66(16,17)18)47-52(85)81(42-34-75-59(92)100-67(19,20)21)43-35-76-60(93)101-68(22,23)24/h48H,25-47H2,1-24H3,(H,69,86)(H,70,87)(H,71,88)(H,72,89)(H,73,90)(H,74,91)(H,75,92)(H,76,93). The van der Waals surface area contributed by atoms with E-state index in [0.29, 0.717) is 0 Å². The lowest BCUT2D eigenvalue weighted by Crippen LogP contribution is -2.51. The van der Waals surface area contributed by atoms with Gasteiger partial charge in [0.1, 0.15) is 50.6 Å². The first-order valence-corrected chi connectivity index (χ1v) is 34.5. The zero-order valence-electron chi connectivity index (χ0n) is 65.2. The Bertz CT molecular complexity index is 2160. The molecule has 0 unspecified atom stereocenters. The van der Waals surface area contributed by atoms with Crippen molar-refractivity contribution in [3.8, 4) is 0 Å². The Kier molecular flexibility index (Phi) is 39.8. The molecule has 0 atom stereocenters. The minimum Gasteiger partial charge on any atom is -0.444 e. The second kappa shape index (κ2) is 43.2. The van der Waals surface area contributed by atoms with Crippen LogP contribution in [0.15, 0.2) is 0 Å². The average molecular weight is 1450 g/mol. The van der Waals surface area contributed by atoms with Gasteiger partial charge in [0, 0.05) is 111 Å². The minimum absolute atomic E-state index is 0.0346. The smallest absolute Gasteiger partial charge is 0.407 e. The molecule has 0 saturated carbocycles. The van der Waals surface area contributed by atoms with E-state index < -0.39 is 149 Å². The number of carbonyl (C=O) groups is 12. The minimum atomic E-state index is -0.863. The molecule has 0 spiro atoms. The number of hydrogen-bond acceptors (Lipinski definition) is 22. The molecule has 0 saturated heterocycles. The first-order chi connectivity index (χ1) is 46.0. The maximum absolute atomic E-state index is 14.9. The van der Waals surface area contributed by atoms with E-state index in [4.69, 9.17) is 37.9 Å². The maximum Gasteiger partial charge on any atom is 0.407 e. The quantitative estimate of drug-likeness (QED) is 0.0302. The molecule has 0 aromatic heterocycles. The van der Waals surface area contributed by atoms with Crippen molar-refractivity contribution in [2.45, 2.75) is 230 Å². The van der Waals surface area contributed by atoms with E-state index in [1.54, 1.807) is 171 Å². The van der Waals surface area contributed by atoms with Crippen molar-refractivity contribution < 1.29 is 95.4 Å². The predicted octanol–water partition coefficient (Wildman–Crippen LogP) is 6.63. The fourth-order valence-corrected chi connectivity index (χ4v) is 8.69. The third kappa shape index (κ3) is 53.7. The first kappa shape index (κ1) is 93.2. The van der Waals surface area contributed by atoms with Crippen molar-refractivity contribution in [2.75, 3.05) is 131 Å². The van der Waals surface area contributed by atoms with Crippen LogP contribution in [0.4, 0.5) is 38.4 Å². The van der Waals surface area contributed by atoms with Crippen LogP contribution >= 0.6 is 0 Å². The maximum atomic E-state index is 14.9. The Hall–Kier alpha value is -7.84. The molecular weight excluding hydrogens is 1320 g/mol. The summed E-state index contributed by atoms with van der Waals surface area (Å²) in [5, 5.41) is 21.2. The monoisotopic (exact) mass is 1450 g/mol. The zero-order chi connectivity index (χ0) is 78.0. The predicted molar refractivity (Wildman–Crippen MR) is 379 cm³/mol. The summed E-state index contributed by atoms with van der Waals surface area (Å²) < 4.78 is 43.5. The van der Waals surface area contributed by atoms with E-state index in [0.717, 1.165) is 0 Å². The molecule has 0 aliphatic carbocycles. The number of ether oxygens (including phenoxy) is 8. The highest BCUT2D eigenvalue weighted by Gasteiger charge is 2.30.